The van der Waals surface area contributed by atoms with Crippen LogP contribution in [0.1, 0.15) is 11.1 Å². The van der Waals surface area contributed by atoms with Gasteiger partial charge < -0.3 is 14.3 Å². The highest BCUT2D eigenvalue weighted by atomic mass is 32.2. The van der Waals surface area contributed by atoms with Gasteiger partial charge >= 0.3 is 5.97 Å². The predicted molar refractivity (Wildman–Crippen MR) is 113 cm³/mol. The molecule has 0 aliphatic heterocycles. The fourth-order valence-electron chi connectivity index (χ4n) is 2.74. The van der Waals surface area contributed by atoms with Crippen LogP contribution in [0.25, 0.3) is 17.2 Å². The van der Waals surface area contributed by atoms with Gasteiger partial charge in [0, 0.05) is 5.56 Å². The number of fused-ring (bicyclic) bond motifs is 1. The molecule has 5 nitrogen and oxygen atoms in total. The second kappa shape index (κ2) is 8.84. The first-order valence-corrected chi connectivity index (χ1v) is 9.85. The number of carboxylic acid groups (broad SMARTS) is 1. The molecule has 3 aromatic carbocycles. The summed E-state index contributed by atoms with van der Waals surface area (Å²) in [6, 6.07) is 20.3. The molecule has 4 rings (SSSR count). The highest BCUT2D eigenvalue weighted by Crippen LogP contribution is 2.32. The maximum absolute atomic E-state index is 13.1. The number of hydrogen-bond donors (Lipinski definition) is 1. The van der Waals surface area contributed by atoms with Crippen LogP contribution in [-0.4, -0.2) is 16.1 Å². The number of carbonyl (C=O) groups is 1. The van der Waals surface area contributed by atoms with E-state index in [4.69, 9.17) is 9.15 Å². The van der Waals surface area contributed by atoms with Crippen molar-refractivity contribution in [2.75, 3.05) is 0 Å². The summed E-state index contributed by atoms with van der Waals surface area (Å²) in [7, 11) is 0. The Hall–Kier alpha value is -3.58. The molecule has 7 heteroatoms. The highest BCUT2D eigenvalue weighted by Gasteiger charge is 2.16. The first-order valence-electron chi connectivity index (χ1n) is 9.03. The van der Waals surface area contributed by atoms with Gasteiger partial charge in [0.05, 0.1) is 0 Å². The Morgan fingerprint density at radius 2 is 1.80 bits per heavy atom. The van der Waals surface area contributed by atoms with Crippen molar-refractivity contribution in [3.63, 3.8) is 0 Å². The summed E-state index contributed by atoms with van der Waals surface area (Å²) in [4.78, 5) is 16.2. The highest BCUT2D eigenvalue weighted by molar-refractivity contribution is 8.03. The number of rotatable bonds is 7. The van der Waals surface area contributed by atoms with E-state index in [-0.39, 0.29) is 22.6 Å². The monoisotopic (exact) mass is 421 g/mol. The van der Waals surface area contributed by atoms with Crippen LogP contribution < -0.4 is 4.74 Å². The zero-order valence-electron chi connectivity index (χ0n) is 15.6. The summed E-state index contributed by atoms with van der Waals surface area (Å²) in [6.07, 6.45) is 1.52. The third-order valence-electron chi connectivity index (χ3n) is 4.20. The second-order valence-corrected chi connectivity index (χ2v) is 7.31. The third kappa shape index (κ3) is 4.69. The van der Waals surface area contributed by atoms with Gasteiger partial charge in [-0.1, -0.05) is 42.5 Å². The number of benzene rings is 3. The molecule has 0 saturated heterocycles. The average molecular weight is 421 g/mol. The van der Waals surface area contributed by atoms with Gasteiger partial charge in [-0.05, 0) is 53.7 Å². The van der Waals surface area contributed by atoms with Crippen LogP contribution in [0.3, 0.4) is 0 Å². The molecular weight excluding hydrogens is 405 g/mol. The number of thioether (sulfide) groups is 1. The normalized spacial score (nSPS) is 11.6. The summed E-state index contributed by atoms with van der Waals surface area (Å²) in [5.41, 5.74) is 2.65. The Kier molecular flexibility index (Phi) is 5.81. The number of aliphatic carboxylic acids is 1. The van der Waals surface area contributed by atoms with Crippen molar-refractivity contribution in [3.8, 4) is 5.75 Å². The average Bonchev–Trinajstić information content (AvgIpc) is 3.16. The van der Waals surface area contributed by atoms with E-state index >= 15 is 0 Å². The maximum Gasteiger partial charge on any atom is 0.342 e. The Labute approximate surface area is 175 Å². The lowest BCUT2D eigenvalue weighted by atomic mass is 10.2. The Balaban J connectivity index is 1.57. The van der Waals surface area contributed by atoms with Gasteiger partial charge in [-0.25, -0.2) is 14.2 Å². The van der Waals surface area contributed by atoms with Crippen LogP contribution in [-0.2, 0) is 11.4 Å². The molecule has 0 spiro atoms. The molecular formula is C23H16FNO4S. The summed E-state index contributed by atoms with van der Waals surface area (Å²) >= 11 is 0.929. The summed E-state index contributed by atoms with van der Waals surface area (Å²) < 4.78 is 24.5. The number of oxazole rings is 1. The molecule has 0 atom stereocenters. The zero-order valence-corrected chi connectivity index (χ0v) is 16.4. The van der Waals surface area contributed by atoms with Gasteiger partial charge in [0.2, 0.25) is 0 Å². The topological polar surface area (TPSA) is 72.6 Å². The molecule has 0 unspecified atom stereocenters. The van der Waals surface area contributed by atoms with Gasteiger partial charge in [0.15, 0.2) is 5.58 Å². The van der Waals surface area contributed by atoms with E-state index in [1.54, 1.807) is 48.5 Å². The van der Waals surface area contributed by atoms with Gasteiger partial charge in [-0.3, -0.25) is 0 Å². The van der Waals surface area contributed by atoms with E-state index in [1.165, 1.54) is 18.2 Å². The van der Waals surface area contributed by atoms with E-state index in [0.717, 1.165) is 17.3 Å². The maximum atomic E-state index is 13.1. The van der Waals surface area contributed by atoms with Crippen molar-refractivity contribution in [2.24, 2.45) is 0 Å². The van der Waals surface area contributed by atoms with Crippen molar-refractivity contribution in [3.05, 3.63) is 94.6 Å². The first-order chi connectivity index (χ1) is 14.6. The molecule has 1 N–H and O–H groups in total. The standard InChI is InChI=1S/C23H16FNO4S/c24-17-11-9-15(10-12-17)14-28-19-7-3-1-5-16(19)13-21(22(26)27)30-23-25-18-6-2-4-8-20(18)29-23/h1-13H,14H2,(H,26,27)/b21-13-. The molecule has 150 valence electrons. The predicted octanol–water partition coefficient (Wildman–Crippen LogP) is 5.76. The van der Waals surface area contributed by atoms with Gasteiger partial charge in [0.25, 0.3) is 5.22 Å². The second-order valence-electron chi connectivity index (χ2n) is 6.32. The van der Waals surface area contributed by atoms with Gasteiger partial charge in [-0.2, -0.15) is 0 Å². The minimum atomic E-state index is -1.10. The first kappa shape index (κ1) is 19.7. The lowest BCUT2D eigenvalue weighted by Crippen LogP contribution is -1.99. The number of carboxylic acids is 1. The van der Waals surface area contributed by atoms with E-state index in [2.05, 4.69) is 4.98 Å². The summed E-state index contributed by atoms with van der Waals surface area (Å²) in [6.45, 7) is 0.228. The quantitative estimate of drug-likeness (QED) is 0.302. The number of halogens is 1. The van der Waals surface area contributed by atoms with Crippen LogP contribution in [0, 0.1) is 5.82 Å². The smallest absolute Gasteiger partial charge is 0.342 e. The molecule has 0 fully saturated rings. The third-order valence-corrected chi connectivity index (χ3v) is 5.06. The fourth-order valence-corrected chi connectivity index (χ4v) is 3.47. The van der Waals surface area contributed by atoms with Crippen LogP contribution >= 0.6 is 11.8 Å². The Bertz CT molecular complexity index is 1180. The number of aromatic nitrogens is 1. The zero-order chi connectivity index (χ0) is 20.9. The lowest BCUT2D eigenvalue weighted by Gasteiger charge is -2.10. The molecule has 0 radical (unpaired) electrons. The molecule has 30 heavy (non-hydrogen) atoms. The van der Waals surface area contributed by atoms with Crippen LogP contribution in [0.15, 0.2) is 87.3 Å². The summed E-state index contributed by atoms with van der Waals surface area (Å²) in [5, 5.41) is 9.91. The summed E-state index contributed by atoms with van der Waals surface area (Å²) in [5.74, 6) is -0.904. The van der Waals surface area contributed by atoms with Crippen molar-refractivity contribution < 1.29 is 23.4 Å². The number of nitrogens with zero attached hydrogens (tertiary/aromatic N) is 1. The number of para-hydroxylation sites is 3. The molecule has 0 aliphatic carbocycles. The van der Waals surface area contributed by atoms with E-state index in [1.807, 2.05) is 12.1 Å². The van der Waals surface area contributed by atoms with Crippen molar-refractivity contribution in [1.82, 2.24) is 4.98 Å². The SMILES string of the molecule is O=C(O)/C(=C/c1ccccc1OCc1ccc(F)cc1)Sc1nc2ccccc2o1. The van der Waals surface area contributed by atoms with Crippen LogP contribution in [0.4, 0.5) is 4.39 Å². The van der Waals surface area contributed by atoms with E-state index in [0.29, 0.717) is 22.4 Å². The molecule has 0 bridgehead atoms. The van der Waals surface area contributed by atoms with E-state index < -0.39 is 5.97 Å². The van der Waals surface area contributed by atoms with Crippen molar-refractivity contribution in [1.29, 1.82) is 0 Å². The fraction of sp³-hybridized carbons (Fsp3) is 0.0435. The number of hydrogen-bond acceptors (Lipinski definition) is 5. The van der Waals surface area contributed by atoms with Crippen LogP contribution in [0.2, 0.25) is 0 Å². The number of ether oxygens (including phenoxy) is 1. The van der Waals surface area contributed by atoms with Gasteiger partial charge in [0.1, 0.15) is 28.6 Å². The Morgan fingerprint density at radius 3 is 2.57 bits per heavy atom. The van der Waals surface area contributed by atoms with Crippen molar-refractivity contribution >= 4 is 34.9 Å². The largest absolute Gasteiger partial charge is 0.488 e. The lowest BCUT2D eigenvalue weighted by molar-refractivity contribution is -0.131. The molecule has 1 aromatic heterocycles. The molecule has 0 saturated carbocycles. The van der Waals surface area contributed by atoms with Crippen molar-refractivity contribution in [2.45, 2.75) is 11.8 Å². The van der Waals surface area contributed by atoms with E-state index in [9.17, 15) is 14.3 Å². The molecule has 4 aromatic rings. The Morgan fingerprint density at radius 1 is 1.07 bits per heavy atom. The molecule has 0 amide bonds. The molecule has 0 aliphatic rings. The minimum Gasteiger partial charge on any atom is -0.488 e. The van der Waals surface area contributed by atoms with Crippen LogP contribution in [0.5, 0.6) is 5.75 Å². The molecule has 1 heterocycles. The van der Waals surface area contributed by atoms with Gasteiger partial charge in [-0.15, -0.1) is 0 Å². The minimum absolute atomic E-state index is 0.0411.